The lowest BCUT2D eigenvalue weighted by molar-refractivity contribution is 0.266. The van der Waals surface area contributed by atoms with Crippen molar-refractivity contribution < 1.29 is 5.11 Å². The molecular weight excluding hydrogens is 252 g/mol. The van der Waals surface area contributed by atoms with Gasteiger partial charge in [0.05, 0.1) is 18.2 Å². The number of aryl methyl sites for hydroxylation is 2. The Morgan fingerprint density at radius 2 is 2.20 bits per heavy atom. The summed E-state index contributed by atoms with van der Waals surface area (Å²) in [5.41, 5.74) is 8.88. The SMILES string of the molecule is N=C(N)c1cc2c(nc1N1CCCC1CO)CCCC2. The van der Waals surface area contributed by atoms with Gasteiger partial charge >= 0.3 is 0 Å². The van der Waals surface area contributed by atoms with Crippen LogP contribution in [-0.4, -0.2) is 35.1 Å². The van der Waals surface area contributed by atoms with Crippen LogP contribution < -0.4 is 10.6 Å². The second-order valence-electron chi connectivity index (χ2n) is 5.76. The van der Waals surface area contributed by atoms with E-state index >= 15 is 0 Å². The molecule has 0 bridgehead atoms. The average molecular weight is 274 g/mol. The molecule has 0 aromatic carbocycles. The van der Waals surface area contributed by atoms with Gasteiger partial charge in [-0.2, -0.15) is 0 Å². The number of nitrogen functional groups attached to an aromatic ring is 1. The fourth-order valence-corrected chi connectivity index (χ4v) is 3.34. The summed E-state index contributed by atoms with van der Waals surface area (Å²) in [7, 11) is 0. The standard InChI is InChI=1S/C15H22N4O/c16-14(17)12-8-10-4-1-2-6-13(10)18-15(12)19-7-3-5-11(19)9-20/h8,11,20H,1-7,9H2,(H3,16,17). The van der Waals surface area contributed by atoms with Gasteiger partial charge in [-0.3, -0.25) is 5.41 Å². The largest absolute Gasteiger partial charge is 0.394 e. The highest BCUT2D eigenvalue weighted by atomic mass is 16.3. The number of pyridine rings is 1. The number of nitrogens with one attached hydrogen (secondary N) is 1. The van der Waals surface area contributed by atoms with E-state index in [0.717, 1.165) is 49.3 Å². The molecule has 1 atom stereocenters. The molecule has 2 heterocycles. The van der Waals surface area contributed by atoms with Crippen molar-refractivity contribution in [1.82, 2.24) is 4.98 Å². The minimum absolute atomic E-state index is 0.0736. The lowest BCUT2D eigenvalue weighted by Gasteiger charge is -2.28. The van der Waals surface area contributed by atoms with Gasteiger partial charge in [0, 0.05) is 12.2 Å². The summed E-state index contributed by atoms with van der Waals surface area (Å²) in [6.45, 7) is 1.02. The molecule has 1 aliphatic heterocycles. The van der Waals surface area contributed by atoms with E-state index in [0.29, 0.717) is 0 Å². The fraction of sp³-hybridized carbons (Fsp3) is 0.600. The maximum atomic E-state index is 9.51. The zero-order chi connectivity index (χ0) is 14.1. The van der Waals surface area contributed by atoms with Gasteiger partial charge in [0.15, 0.2) is 0 Å². The molecule has 4 N–H and O–H groups in total. The number of hydrogen-bond acceptors (Lipinski definition) is 4. The van der Waals surface area contributed by atoms with E-state index in [-0.39, 0.29) is 18.5 Å². The van der Waals surface area contributed by atoms with Crippen LogP contribution in [0.25, 0.3) is 0 Å². The van der Waals surface area contributed by atoms with E-state index < -0.39 is 0 Å². The Bertz CT molecular complexity index is 529. The van der Waals surface area contributed by atoms with Crippen LogP contribution in [0.1, 0.15) is 42.5 Å². The van der Waals surface area contributed by atoms with E-state index in [2.05, 4.69) is 4.90 Å². The summed E-state index contributed by atoms with van der Waals surface area (Å²) in [4.78, 5) is 6.94. The highest BCUT2D eigenvalue weighted by Crippen LogP contribution is 2.30. The van der Waals surface area contributed by atoms with E-state index in [4.69, 9.17) is 16.1 Å². The Morgan fingerprint density at radius 1 is 1.40 bits per heavy atom. The highest BCUT2D eigenvalue weighted by molar-refractivity contribution is 6.00. The highest BCUT2D eigenvalue weighted by Gasteiger charge is 2.28. The second-order valence-corrected chi connectivity index (χ2v) is 5.76. The lowest BCUT2D eigenvalue weighted by atomic mass is 9.94. The first-order valence-corrected chi connectivity index (χ1v) is 7.45. The Hall–Kier alpha value is -1.62. The zero-order valence-electron chi connectivity index (χ0n) is 11.7. The van der Waals surface area contributed by atoms with Crippen LogP contribution in [0.15, 0.2) is 6.07 Å². The Morgan fingerprint density at radius 3 is 2.95 bits per heavy atom. The number of nitrogens with two attached hydrogens (primary N) is 1. The van der Waals surface area contributed by atoms with Crippen LogP contribution in [-0.2, 0) is 12.8 Å². The van der Waals surface area contributed by atoms with Gasteiger partial charge in [0.25, 0.3) is 0 Å². The average Bonchev–Trinajstić information content (AvgIpc) is 2.94. The molecular formula is C15H22N4O. The Kier molecular flexibility index (Phi) is 3.61. The third-order valence-corrected chi connectivity index (χ3v) is 4.43. The predicted molar refractivity (Wildman–Crippen MR) is 79.3 cm³/mol. The van der Waals surface area contributed by atoms with Gasteiger partial charge < -0.3 is 15.7 Å². The molecule has 1 unspecified atom stereocenters. The number of hydrogen-bond donors (Lipinski definition) is 3. The molecule has 1 saturated heterocycles. The maximum absolute atomic E-state index is 9.51. The molecule has 0 amide bonds. The van der Waals surface area contributed by atoms with Gasteiger partial charge in [-0.05, 0) is 50.2 Å². The van der Waals surface area contributed by atoms with Crippen LogP contribution in [0.2, 0.25) is 0 Å². The number of nitrogens with zero attached hydrogens (tertiary/aromatic N) is 2. The smallest absolute Gasteiger partial charge is 0.140 e. The van der Waals surface area contributed by atoms with Gasteiger partial charge in [-0.25, -0.2) is 4.98 Å². The molecule has 2 aliphatic rings. The summed E-state index contributed by atoms with van der Waals surface area (Å²) in [5.74, 6) is 0.874. The zero-order valence-corrected chi connectivity index (χ0v) is 11.7. The minimum Gasteiger partial charge on any atom is -0.394 e. The fourth-order valence-electron chi connectivity index (χ4n) is 3.34. The van der Waals surface area contributed by atoms with Crippen molar-refractivity contribution in [3.63, 3.8) is 0 Å². The third-order valence-electron chi connectivity index (χ3n) is 4.43. The molecule has 1 aromatic heterocycles. The summed E-state index contributed by atoms with van der Waals surface area (Å²) >= 11 is 0. The lowest BCUT2D eigenvalue weighted by Crippen LogP contribution is -2.35. The third kappa shape index (κ3) is 2.26. The van der Waals surface area contributed by atoms with Crippen molar-refractivity contribution in [1.29, 1.82) is 5.41 Å². The molecule has 1 aliphatic carbocycles. The monoisotopic (exact) mass is 274 g/mol. The molecule has 108 valence electrons. The van der Waals surface area contributed by atoms with Crippen molar-refractivity contribution in [3.8, 4) is 0 Å². The second kappa shape index (κ2) is 5.40. The van der Waals surface area contributed by atoms with Crippen molar-refractivity contribution in [2.45, 2.75) is 44.6 Å². The molecule has 3 rings (SSSR count). The number of rotatable bonds is 3. The molecule has 0 spiro atoms. The van der Waals surface area contributed by atoms with Crippen molar-refractivity contribution in [3.05, 3.63) is 22.9 Å². The van der Waals surface area contributed by atoms with Crippen LogP contribution in [0.5, 0.6) is 0 Å². The Labute approximate surface area is 119 Å². The van der Waals surface area contributed by atoms with Crippen molar-refractivity contribution >= 4 is 11.7 Å². The summed E-state index contributed by atoms with van der Waals surface area (Å²) < 4.78 is 0. The predicted octanol–water partition coefficient (Wildman–Crippen LogP) is 1.21. The summed E-state index contributed by atoms with van der Waals surface area (Å²) in [6.07, 6.45) is 6.45. The maximum Gasteiger partial charge on any atom is 0.140 e. The van der Waals surface area contributed by atoms with E-state index in [9.17, 15) is 5.11 Å². The number of aliphatic hydroxyl groups excluding tert-OH is 1. The number of aromatic nitrogens is 1. The summed E-state index contributed by atoms with van der Waals surface area (Å²) in [5, 5.41) is 17.3. The molecule has 20 heavy (non-hydrogen) atoms. The van der Waals surface area contributed by atoms with E-state index in [1.165, 1.54) is 18.4 Å². The molecule has 0 radical (unpaired) electrons. The van der Waals surface area contributed by atoms with Crippen LogP contribution >= 0.6 is 0 Å². The summed E-state index contributed by atoms with van der Waals surface area (Å²) in [6, 6.07) is 2.16. The molecule has 5 heteroatoms. The molecule has 5 nitrogen and oxygen atoms in total. The van der Waals surface area contributed by atoms with Gasteiger partial charge in [-0.15, -0.1) is 0 Å². The number of amidine groups is 1. The van der Waals surface area contributed by atoms with Gasteiger partial charge in [-0.1, -0.05) is 0 Å². The molecule has 1 aromatic rings. The van der Waals surface area contributed by atoms with Crippen molar-refractivity contribution in [2.75, 3.05) is 18.1 Å². The number of aliphatic hydroxyl groups is 1. The van der Waals surface area contributed by atoms with Crippen molar-refractivity contribution in [2.24, 2.45) is 5.73 Å². The van der Waals surface area contributed by atoms with Crippen LogP contribution in [0, 0.1) is 5.41 Å². The first kappa shape index (κ1) is 13.4. The quantitative estimate of drug-likeness (QED) is 0.571. The minimum atomic E-state index is 0.0736. The number of fused-ring (bicyclic) bond motifs is 1. The normalized spacial score (nSPS) is 21.9. The first-order chi connectivity index (χ1) is 9.70. The Balaban J connectivity index is 2.05. The van der Waals surface area contributed by atoms with E-state index in [1.807, 2.05) is 6.07 Å². The van der Waals surface area contributed by atoms with E-state index in [1.54, 1.807) is 0 Å². The van der Waals surface area contributed by atoms with Crippen LogP contribution in [0.4, 0.5) is 5.82 Å². The first-order valence-electron chi connectivity index (χ1n) is 7.45. The number of anilines is 1. The molecule has 0 saturated carbocycles. The molecule has 1 fully saturated rings. The topological polar surface area (TPSA) is 86.2 Å². The van der Waals surface area contributed by atoms with Gasteiger partial charge in [0.1, 0.15) is 11.7 Å². The van der Waals surface area contributed by atoms with Gasteiger partial charge in [0.2, 0.25) is 0 Å². The van der Waals surface area contributed by atoms with Crippen LogP contribution in [0.3, 0.4) is 0 Å².